The number of nitrogens with zero attached hydrogens (tertiary/aromatic N) is 4. The van der Waals surface area contributed by atoms with E-state index in [1.165, 1.54) is 20.2 Å². The summed E-state index contributed by atoms with van der Waals surface area (Å²) >= 11 is 1.81. The lowest BCUT2D eigenvalue weighted by Gasteiger charge is -2.12. The molecule has 280 valence electrons. The third kappa shape index (κ3) is 5.76. The monoisotopic (exact) mass is 784 g/mol. The summed E-state index contributed by atoms with van der Waals surface area (Å²) < 4.78 is 8.89. The molecule has 0 radical (unpaired) electrons. The average molecular weight is 785 g/mol. The second kappa shape index (κ2) is 13.9. The smallest absolute Gasteiger partial charge is 0.143 e. The van der Waals surface area contributed by atoms with Crippen LogP contribution in [0.1, 0.15) is 0 Å². The van der Waals surface area contributed by atoms with Gasteiger partial charge < -0.3 is 4.42 Å². The maximum atomic E-state index is 6.48. The predicted molar refractivity (Wildman–Crippen MR) is 248 cm³/mol. The fraction of sp³-hybridized carbons (Fsp3) is 0. The van der Waals surface area contributed by atoms with Crippen molar-refractivity contribution in [2.45, 2.75) is 0 Å². The fourth-order valence-corrected chi connectivity index (χ4v) is 9.76. The second-order valence-electron chi connectivity index (χ2n) is 15.0. The van der Waals surface area contributed by atoms with Gasteiger partial charge in [0.2, 0.25) is 0 Å². The van der Waals surface area contributed by atoms with Gasteiger partial charge in [0.05, 0.1) is 38.7 Å². The second-order valence-corrected chi connectivity index (χ2v) is 16.0. The molecule has 6 aromatic heterocycles. The van der Waals surface area contributed by atoms with Crippen molar-refractivity contribution in [2.75, 3.05) is 0 Å². The molecule has 5 nitrogen and oxygen atoms in total. The van der Waals surface area contributed by atoms with Crippen molar-refractivity contribution in [3.8, 4) is 67.4 Å². The summed E-state index contributed by atoms with van der Waals surface area (Å²) in [4.78, 5) is 19.7. The Hall–Kier alpha value is -7.80. The van der Waals surface area contributed by atoms with Gasteiger partial charge in [0, 0.05) is 55.2 Å². The van der Waals surface area contributed by atoms with Gasteiger partial charge in [0.15, 0.2) is 0 Å². The zero-order chi connectivity index (χ0) is 39.6. The molecule has 0 N–H and O–H groups in total. The number of thiophene rings is 1. The van der Waals surface area contributed by atoms with E-state index < -0.39 is 0 Å². The number of hydrogen-bond acceptors (Lipinski definition) is 6. The van der Waals surface area contributed by atoms with Gasteiger partial charge in [-0.05, 0) is 101 Å². The topological polar surface area (TPSA) is 64.7 Å². The van der Waals surface area contributed by atoms with Crippen LogP contribution in [0.15, 0.2) is 199 Å². The summed E-state index contributed by atoms with van der Waals surface area (Å²) in [5, 5.41) is 5.85. The van der Waals surface area contributed by atoms with Gasteiger partial charge in [-0.15, -0.1) is 11.3 Å². The van der Waals surface area contributed by atoms with E-state index in [1.54, 1.807) is 12.4 Å². The molecule has 0 saturated carbocycles. The number of para-hydroxylation sites is 2. The van der Waals surface area contributed by atoms with Gasteiger partial charge in [-0.3, -0.25) is 9.97 Å². The molecule has 0 aliphatic heterocycles. The lowest BCUT2D eigenvalue weighted by atomic mass is 9.95. The number of furan rings is 1. The van der Waals surface area contributed by atoms with E-state index in [4.69, 9.17) is 14.4 Å². The van der Waals surface area contributed by atoms with Crippen molar-refractivity contribution in [1.82, 2.24) is 19.9 Å². The van der Waals surface area contributed by atoms with Crippen LogP contribution < -0.4 is 0 Å². The van der Waals surface area contributed by atoms with Crippen LogP contribution in [0.25, 0.3) is 120 Å². The highest BCUT2D eigenvalue weighted by atomic mass is 32.1. The highest BCUT2D eigenvalue weighted by molar-refractivity contribution is 7.26. The quantitative estimate of drug-likeness (QED) is 0.168. The standard InChI is InChI=1S/C54H32N4OS/c1-3-22-49-40(16-1)41-19-11-18-39(53(41)59-49)36-24-25-44-43(30-36)51-42-17-2-4-23-50(42)60-54(51)52(58-44)37-15-10-13-34(29-37)33-12-9-14-35(28-33)38-31-47(45-20-5-7-26-55-45)57-48(32-38)46-21-6-8-27-56-46/h1-32H. The molecule has 0 fully saturated rings. The van der Waals surface area contributed by atoms with E-state index in [0.717, 1.165) is 100 Å². The summed E-state index contributed by atoms with van der Waals surface area (Å²) in [6, 6.07) is 63.6. The summed E-state index contributed by atoms with van der Waals surface area (Å²) in [6.45, 7) is 0. The minimum absolute atomic E-state index is 0.801. The minimum atomic E-state index is 0.801. The molecule has 0 aliphatic rings. The maximum absolute atomic E-state index is 6.48. The molecule has 0 atom stereocenters. The molecular weight excluding hydrogens is 753 g/mol. The Bertz CT molecular complexity index is 3550. The third-order valence-electron chi connectivity index (χ3n) is 11.4. The first kappa shape index (κ1) is 34.3. The lowest BCUT2D eigenvalue weighted by molar-refractivity contribution is 0.670. The van der Waals surface area contributed by atoms with Gasteiger partial charge in [-0.1, -0.05) is 109 Å². The summed E-state index contributed by atoms with van der Waals surface area (Å²) in [6.07, 6.45) is 3.60. The molecule has 12 rings (SSSR count). The number of rotatable bonds is 6. The Morgan fingerprint density at radius 3 is 1.78 bits per heavy atom. The van der Waals surface area contributed by atoms with Crippen molar-refractivity contribution in [3.05, 3.63) is 194 Å². The van der Waals surface area contributed by atoms with E-state index in [-0.39, 0.29) is 0 Å². The SMILES string of the molecule is c1ccc(-c2cc(-c3cccc(-c4cccc(-c5nc6ccc(-c7cccc8c7oc7ccccc78)cc6c6c5sc5ccccc56)c4)c3)cc(-c3ccccn3)n2)nc1. The van der Waals surface area contributed by atoms with Crippen molar-refractivity contribution in [3.63, 3.8) is 0 Å². The molecular formula is C54H32N4OS. The Kier molecular flexibility index (Phi) is 7.96. The first-order chi connectivity index (χ1) is 29.7. The summed E-state index contributed by atoms with van der Waals surface area (Å²) in [5.74, 6) is 0. The van der Waals surface area contributed by atoms with E-state index in [9.17, 15) is 0 Å². The molecule has 60 heavy (non-hydrogen) atoms. The Morgan fingerprint density at radius 1 is 0.400 bits per heavy atom. The van der Waals surface area contributed by atoms with Crippen LogP contribution in [-0.2, 0) is 0 Å². The first-order valence-corrected chi connectivity index (χ1v) is 20.8. The molecule has 6 aromatic carbocycles. The minimum Gasteiger partial charge on any atom is -0.455 e. The maximum Gasteiger partial charge on any atom is 0.143 e. The van der Waals surface area contributed by atoms with E-state index in [0.29, 0.717) is 0 Å². The normalized spacial score (nSPS) is 11.7. The lowest BCUT2D eigenvalue weighted by Crippen LogP contribution is -1.94. The van der Waals surface area contributed by atoms with Gasteiger partial charge >= 0.3 is 0 Å². The van der Waals surface area contributed by atoms with Crippen LogP contribution in [0.2, 0.25) is 0 Å². The van der Waals surface area contributed by atoms with Crippen molar-refractivity contribution < 1.29 is 4.42 Å². The number of benzene rings is 6. The molecule has 0 unspecified atom stereocenters. The van der Waals surface area contributed by atoms with Crippen LogP contribution in [0, 0.1) is 0 Å². The fourth-order valence-electron chi connectivity index (χ4n) is 8.53. The molecule has 6 heterocycles. The third-order valence-corrected chi connectivity index (χ3v) is 12.5. The Balaban J connectivity index is 0.985. The summed E-state index contributed by atoms with van der Waals surface area (Å²) in [5.41, 5.74) is 14.6. The average Bonchev–Trinajstić information content (AvgIpc) is 3.91. The van der Waals surface area contributed by atoms with Crippen LogP contribution >= 0.6 is 11.3 Å². The van der Waals surface area contributed by atoms with Crippen LogP contribution in [0.3, 0.4) is 0 Å². The summed E-state index contributed by atoms with van der Waals surface area (Å²) in [7, 11) is 0. The van der Waals surface area contributed by atoms with Crippen molar-refractivity contribution in [1.29, 1.82) is 0 Å². The molecule has 12 aromatic rings. The molecule has 0 aliphatic carbocycles. The van der Waals surface area contributed by atoms with E-state index in [1.807, 2.05) is 59.9 Å². The van der Waals surface area contributed by atoms with Gasteiger partial charge in [-0.2, -0.15) is 0 Å². The zero-order valence-corrected chi connectivity index (χ0v) is 32.9. The highest BCUT2D eigenvalue weighted by Crippen LogP contribution is 2.45. The number of hydrogen-bond donors (Lipinski definition) is 0. The van der Waals surface area contributed by atoms with E-state index in [2.05, 4.69) is 143 Å². The number of fused-ring (bicyclic) bond motifs is 8. The molecule has 0 amide bonds. The molecule has 0 spiro atoms. The van der Waals surface area contributed by atoms with Crippen LogP contribution in [0.5, 0.6) is 0 Å². The predicted octanol–water partition coefficient (Wildman–Crippen LogP) is 14.7. The van der Waals surface area contributed by atoms with Crippen LogP contribution in [-0.4, -0.2) is 19.9 Å². The largest absolute Gasteiger partial charge is 0.455 e. The Morgan fingerprint density at radius 2 is 1.03 bits per heavy atom. The van der Waals surface area contributed by atoms with Gasteiger partial charge in [0.25, 0.3) is 0 Å². The first-order valence-electron chi connectivity index (χ1n) is 19.9. The van der Waals surface area contributed by atoms with Crippen LogP contribution in [0.4, 0.5) is 0 Å². The van der Waals surface area contributed by atoms with E-state index >= 15 is 0 Å². The van der Waals surface area contributed by atoms with Gasteiger partial charge in [0.1, 0.15) is 11.2 Å². The molecule has 0 saturated heterocycles. The highest BCUT2D eigenvalue weighted by Gasteiger charge is 2.19. The number of pyridine rings is 4. The number of aromatic nitrogens is 4. The van der Waals surface area contributed by atoms with Gasteiger partial charge in [-0.25, -0.2) is 9.97 Å². The molecule has 0 bridgehead atoms. The van der Waals surface area contributed by atoms with Crippen molar-refractivity contribution >= 4 is 64.4 Å². The molecule has 6 heteroatoms. The van der Waals surface area contributed by atoms with Crippen molar-refractivity contribution in [2.24, 2.45) is 0 Å². The zero-order valence-electron chi connectivity index (χ0n) is 32.1. The Labute approximate surface area is 348 Å².